The Labute approximate surface area is 154 Å². The standard InChI is InChI=1S/C19H15N5OS/c1-2-5-13-12(4-1)7-8-15(13)22-17-14(10-20-11-21-17)19-23-18(24-25-19)16-6-3-9-26-16/h1-6,9-11,15H,7-8H2,(H,20,21,22)/t15-/m1/s1. The molecule has 0 bridgehead atoms. The molecule has 128 valence electrons. The average Bonchev–Trinajstić information content (AvgIpc) is 3.43. The van der Waals surface area contributed by atoms with Crippen molar-refractivity contribution in [3.8, 4) is 22.2 Å². The molecule has 1 aliphatic carbocycles. The second-order valence-electron chi connectivity index (χ2n) is 6.12. The van der Waals surface area contributed by atoms with E-state index in [1.54, 1.807) is 17.5 Å². The molecule has 5 rings (SSSR count). The summed E-state index contributed by atoms with van der Waals surface area (Å²) in [4.78, 5) is 14.0. The van der Waals surface area contributed by atoms with Crippen LogP contribution >= 0.6 is 11.3 Å². The summed E-state index contributed by atoms with van der Waals surface area (Å²) in [5.74, 6) is 1.71. The first kappa shape index (κ1) is 15.2. The second kappa shape index (κ2) is 6.34. The topological polar surface area (TPSA) is 76.7 Å². The third-order valence-corrected chi connectivity index (χ3v) is 5.42. The normalized spacial score (nSPS) is 15.8. The van der Waals surface area contributed by atoms with Crippen molar-refractivity contribution in [2.45, 2.75) is 18.9 Å². The van der Waals surface area contributed by atoms with Crippen LogP contribution in [0.25, 0.3) is 22.2 Å². The minimum Gasteiger partial charge on any atom is -0.362 e. The van der Waals surface area contributed by atoms with Gasteiger partial charge in [-0.3, -0.25) is 0 Å². The zero-order chi connectivity index (χ0) is 17.3. The molecule has 0 amide bonds. The lowest BCUT2D eigenvalue weighted by molar-refractivity contribution is 0.432. The molecule has 6 nitrogen and oxygen atoms in total. The van der Waals surface area contributed by atoms with Crippen molar-refractivity contribution in [2.75, 3.05) is 5.32 Å². The molecule has 3 heterocycles. The van der Waals surface area contributed by atoms with E-state index in [9.17, 15) is 0 Å². The van der Waals surface area contributed by atoms with Crippen LogP contribution in [0, 0.1) is 0 Å². The SMILES string of the molecule is c1csc(-c2noc(-c3cncnc3N[C@@H]3CCc4ccccc43)n2)c1. The highest BCUT2D eigenvalue weighted by Gasteiger charge is 2.24. The monoisotopic (exact) mass is 361 g/mol. The summed E-state index contributed by atoms with van der Waals surface area (Å²) < 4.78 is 5.47. The number of benzene rings is 1. The Morgan fingerprint density at radius 2 is 2.12 bits per heavy atom. The fraction of sp³-hybridized carbons (Fsp3) is 0.158. The van der Waals surface area contributed by atoms with Crippen molar-refractivity contribution in [1.82, 2.24) is 20.1 Å². The van der Waals surface area contributed by atoms with E-state index >= 15 is 0 Å². The summed E-state index contributed by atoms with van der Waals surface area (Å²) in [5, 5.41) is 9.60. The molecule has 0 saturated carbocycles. The van der Waals surface area contributed by atoms with Crippen LogP contribution in [0.3, 0.4) is 0 Å². The first-order chi connectivity index (χ1) is 12.9. The van der Waals surface area contributed by atoms with Crippen LogP contribution in [0.15, 0.2) is 58.8 Å². The van der Waals surface area contributed by atoms with E-state index in [4.69, 9.17) is 4.52 Å². The molecule has 0 radical (unpaired) electrons. The number of hydrogen-bond donors (Lipinski definition) is 1. The van der Waals surface area contributed by atoms with Crippen LogP contribution in [0.1, 0.15) is 23.6 Å². The van der Waals surface area contributed by atoms with E-state index in [1.165, 1.54) is 17.5 Å². The minimum absolute atomic E-state index is 0.222. The van der Waals surface area contributed by atoms with Gasteiger partial charge in [0.1, 0.15) is 17.7 Å². The maximum absolute atomic E-state index is 5.47. The zero-order valence-corrected chi connectivity index (χ0v) is 14.6. The highest BCUT2D eigenvalue weighted by Crippen LogP contribution is 2.35. The van der Waals surface area contributed by atoms with Gasteiger partial charge < -0.3 is 9.84 Å². The lowest BCUT2D eigenvalue weighted by atomic mass is 10.1. The molecule has 7 heteroatoms. The Hall–Kier alpha value is -3.06. The third-order valence-electron chi connectivity index (χ3n) is 4.55. The largest absolute Gasteiger partial charge is 0.362 e. The molecular formula is C19H15N5OS. The number of rotatable bonds is 4. The van der Waals surface area contributed by atoms with E-state index in [-0.39, 0.29) is 6.04 Å². The maximum atomic E-state index is 5.47. The number of aryl methyl sites for hydroxylation is 1. The number of fused-ring (bicyclic) bond motifs is 1. The molecule has 1 atom stereocenters. The molecule has 0 fully saturated rings. The van der Waals surface area contributed by atoms with E-state index in [2.05, 4.69) is 49.7 Å². The predicted octanol–water partition coefficient (Wildman–Crippen LogP) is 4.35. The Kier molecular flexibility index (Phi) is 3.71. The fourth-order valence-corrected chi connectivity index (χ4v) is 3.96. The van der Waals surface area contributed by atoms with Crippen molar-refractivity contribution in [3.63, 3.8) is 0 Å². The van der Waals surface area contributed by atoms with E-state index in [1.807, 2.05) is 17.5 Å². The molecular weight excluding hydrogens is 346 g/mol. The Morgan fingerprint density at radius 1 is 1.15 bits per heavy atom. The lowest BCUT2D eigenvalue weighted by Crippen LogP contribution is -2.09. The van der Waals surface area contributed by atoms with E-state index in [0.29, 0.717) is 23.1 Å². The molecule has 1 aliphatic rings. The van der Waals surface area contributed by atoms with Gasteiger partial charge in [-0.05, 0) is 35.4 Å². The minimum atomic E-state index is 0.222. The van der Waals surface area contributed by atoms with Crippen LogP contribution in [-0.2, 0) is 6.42 Å². The zero-order valence-electron chi connectivity index (χ0n) is 13.8. The van der Waals surface area contributed by atoms with Crippen molar-refractivity contribution in [3.05, 3.63) is 65.4 Å². The van der Waals surface area contributed by atoms with E-state index < -0.39 is 0 Å². The summed E-state index contributed by atoms with van der Waals surface area (Å²) in [6.45, 7) is 0. The van der Waals surface area contributed by atoms with Gasteiger partial charge in [-0.25, -0.2) is 9.97 Å². The van der Waals surface area contributed by atoms with E-state index in [0.717, 1.165) is 17.7 Å². The third kappa shape index (κ3) is 2.66. The Balaban J connectivity index is 1.47. The molecule has 0 unspecified atom stereocenters. The summed E-state index contributed by atoms with van der Waals surface area (Å²) in [5.41, 5.74) is 3.42. The number of aromatic nitrogens is 4. The molecule has 26 heavy (non-hydrogen) atoms. The van der Waals surface area contributed by atoms with Gasteiger partial charge in [0.05, 0.1) is 10.9 Å². The van der Waals surface area contributed by atoms with Gasteiger partial charge in [0.25, 0.3) is 5.89 Å². The van der Waals surface area contributed by atoms with Crippen molar-refractivity contribution in [2.24, 2.45) is 0 Å². The molecule has 1 N–H and O–H groups in total. The van der Waals surface area contributed by atoms with Gasteiger partial charge >= 0.3 is 0 Å². The number of hydrogen-bond acceptors (Lipinski definition) is 7. The van der Waals surface area contributed by atoms with Crippen molar-refractivity contribution in [1.29, 1.82) is 0 Å². The molecule has 3 aromatic heterocycles. The number of nitrogens with zero attached hydrogens (tertiary/aromatic N) is 4. The lowest BCUT2D eigenvalue weighted by Gasteiger charge is -2.15. The van der Waals surface area contributed by atoms with Crippen molar-refractivity contribution >= 4 is 17.2 Å². The maximum Gasteiger partial charge on any atom is 0.263 e. The Bertz CT molecular complexity index is 1040. The summed E-state index contributed by atoms with van der Waals surface area (Å²) >= 11 is 1.58. The number of thiophene rings is 1. The fourth-order valence-electron chi connectivity index (χ4n) is 3.31. The summed E-state index contributed by atoms with van der Waals surface area (Å²) in [6.07, 6.45) is 5.34. The predicted molar refractivity (Wildman–Crippen MR) is 99.8 cm³/mol. The van der Waals surface area contributed by atoms with Gasteiger partial charge in [0.2, 0.25) is 5.82 Å². The smallest absolute Gasteiger partial charge is 0.263 e. The van der Waals surface area contributed by atoms with Crippen molar-refractivity contribution < 1.29 is 4.52 Å². The summed E-state index contributed by atoms with van der Waals surface area (Å²) in [7, 11) is 0. The van der Waals surface area contributed by atoms with Gasteiger partial charge in [0, 0.05) is 6.20 Å². The Morgan fingerprint density at radius 3 is 3.04 bits per heavy atom. The van der Waals surface area contributed by atoms with Gasteiger partial charge in [0.15, 0.2) is 0 Å². The summed E-state index contributed by atoms with van der Waals surface area (Å²) in [6, 6.07) is 12.7. The van der Waals surface area contributed by atoms with Gasteiger partial charge in [-0.15, -0.1) is 11.3 Å². The molecule has 0 saturated heterocycles. The molecule has 1 aromatic carbocycles. The van der Waals surface area contributed by atoms with Crippen LogP contribution in [-0.4, -0.2) is 20.1 Å². The first-order valence-electron chi connectivity index (χ1n) is 8.41. The van der Waals surface area contributed by atoms with Gasteiger partial charge in [-0.1, -0.05) is 35.5 Å². The molecule has 0 spiro atoms. The number of nitrogens with one attached hydrogen (secondary N) is 1. The average molecular weight is 361 g/mol. The van der Waals surface area contributed by atoms with Crippen LogP contribution in [0.2, 0.25) is 0 Å². The van der Waals surface area contributed by atoms with Crippen LogP contribution in [0.4, 0.5) is 5.82 Å². The first-order valence-corrected chi connectivity index (χ1v) is 9.29. The quantitative estimate of drug-likeness (QED) is 0.582. The van der Waals surface area contributed by atoms with Gasteiger partial charge in [-0.2, -0.15) is 4.98 Å². The molecule has 4 aromatic rings. The second-order valence-corrected chi connectivity index (χ2v) is 7.07. The highest BCUT2D eigenvalue weighted by molar-refractivity contribution is 7.13. The highest BCUT2D eigenvalue weighted by atomic mass is 32.1. The van der Waals surface area contributed by atoms with Crippen LogP contribution < -0.4 is 5.32 Å². The molecule has 0 aliphatic heterocycles. The number of anilines is 1. The van der Waals surface area contributed by atoms with Crippen LogP contribution in [0.5, 0.6) is 0 Å².